The van der Waals surface area contributed by atoms with Crippen LogP contribution < -0.4 is 5.84 Å². The predicted octanol–water partition coefficient (Wildman–Crippen LogP) is 1.52. The summed E-state index contributed by atoms with van der Waals surface area (Å²) >= 11 is 0. The Morgan fingerprint density at radius 1 is 1.30 bits per heavy atom. The van der Waals surface area contributed by atoms with Gasteiger partial charge in [0, 0.05) is 6.20 Å². The summed E-state index contributed by atoms with van der Waals surface area (Å²) in [5.74, 6) is 5.72. The lowest BCUT2D eigenvalue weighted by atomic mass is 9.80. The average Bonchev–Trinajstić information content (AvgIpc) is 2.45. The number of aliphatic hydroxyl groups is 1. The van der Waals surface area contributed by atoms with Crippen LogP contribution in [0, 0.1) is 0 Å². The molecular formula is C13H24BFN2O3. The number of halogens is 1. The molecule has 0 amide bonds. The van der Waals surface area contributed by atoms with E-state index in [0.717, 1.165) is 12.6 Å². The fraction of sp³-hybridized carbons (Fsp3) is 0.846. The zero-order valence-electron chi connectivity index (χ0n) is 12.6. The van der Waals surface area contributed by atoms with Crippen LogP contribution in [-0.4, -0.2) is 40.6 Å². The summed E-state index contributed by atoms with van der Waals surface area (Å²) < 4.78 is 25.3. The van der Waals surface area contributed by atoms with Crippen molar-refractivity contribution in [2.24, 2.45) is 5.84 Å². The molecule has 1 saturated heterocycles. The van der Waals surface area contributed by atoms with Gasteiger partial charge in [0.05, 0.1) is 23.3 Å². The summed E-state index contributed by atoms with van der Waals surface area (Å²) in [4.78, 5) is 0. The lowest BCUT2D eigenvalue weighted by molar-refractivity contribution is -0.0511. The van der Waals surface area contributed by atoms with Crippen molar-refractivity contribution in [3.05, 3.63) is 11.9 Å². The Morgan fingerprint density at radius 2 is 1.80 bits per heavy atom. The summed E-state index contributed by atoms with van der Waals surface area (Å²) in [6, 6.07) is 0. The number of hydrogen-bond acceptors (Lipinski definition) is 5. The van der Waals surface area contributed by atoms with Gasteiger partial charge in [-0.15, -0.1) is 0 Å². The van der Waals surface area contributed by atoms with Crippen LogP contribution in [0.4, 0.5) is 4.39 Å². The number of hydrazine groups is 1. The molecule has 3 N–H and O–H groups in total. The first-order chi connectivity index (χ1) is 9.05. The minimum absolute atomic E-state index is 0.208. The highest BCUT2D eigenvalue weighted by atomic mass is 19.1. The summed E-state index contributed by atoms with van der Waals surface area (Å²) in [7, 11) is -1.05. The van der Waals surface area contributed by atoms with Crippen LogP contribution in [0.1, 0.15) is 47.0 Å². The molecule has 7 heteroatoms. The molecule has 0 unspecified atom stereocenters. The Balaban J connectivity index is 1.97. The molecule has 1 heterocycles. The van der Waals surface area contributed by atoms with Crippen LogP contribution in [0.25, 0.3) is 0 Å². The standard InChI is InChI=1S/C13H24BFN2O3/c1-11(2)12(3,4)20-14(19-11)10(15)8-17(16)9-13(18)6-5-7-13/h8,18H,5-7,9,16H2,1-4H3/b10-8-. The smallest absolute Gasteiger partial charge is 0.398 e. The van der Waals surface area contributed by atoms with Gasteiger partial charge in [-0.05, 0) is 47.0 Å². The molecule has 0 spiro atoms. The molecule has 0 aromatic heterocycles. The molecule has 2 rings (SSSR count). The minimum atomic E-state index is -1.05. The molecule has 20 heavy (non-hydrogen) atoms. The number of hydrogen-bond donors (Lipinski definition) is 2. The average molecular weight is 286 g/mol. The molecule has 1 aliphatic carbocycles. The molecule has 5 nitrogen and oxygen atoms in total. The maximum atomic E-state index is 14.2. The molecule has 0 radical (unpaired) electrons. The van der Waals surface area contributed by atoms with Gasteiger partial charge >= 0.3 is 7.12 Å². The first-order valence-electron chi connectivity index (χ1n) is 7.01. The van der Waals surface area contributed by atoms with E-state index in [0.29, 0.717) is 12.8 Å². The first kappa shape index (κ1) is 15.8. The van der Waals surface area contributed by atoms with Crippen molar-refractivity contribution in [2.75, 3.05) is 6.54 Å². The lowest BCUT2D eigenvalue weighted by Crippen LogP contribution is -2.48. The van der Waals surface area contributed by atoms with Crippen molar-refractivity contribution in [1.82, 2.24) is 5.01 Å². The molecule has 1 saturated carbocycles. The maximum absolute atomic E-state index is 14.2. The summed E-state index contributed by atoms with van der Waals surface area (Å²) in [6.45, 7) is 7.64. The van der Waals surface area contributed by atoms with Crippen molar-refractivity contribution in [3.63, 3.8) is 0 Å². The Kier molecular flexibility index (Phi) is 3.92. The van der Waals surface area contributed by atoms with Crippen LogP contribution in [0.2, 0.25) is 0 Å². The monoisotopic (exact) mass is 286 g/mol. The summed E-state index contributed by atoms with van der Waals surface area (Å²) in [6.07, 6.45) is 3.52. The van der Waals surface area contributed by atoms with Gasteiger partial charge in [-0.25, -0.2) is 10.2 Å². The molecule has 0 atom stereocenters. The van der Waals surface area contributed by atoms with E-state index in [-0.39, 0.29) is 6.54 Å². The molecule has 2 fully saturated rings. The van der Waals surface area contributed by atoms with Gasteiger partial charge in [-0.2, -0.15) is 0 Å². The van der Waals surface area contributed by atoms with Gasteiger partial charge in [0.2, 0.25) is 0 Å². The van der Waals surface area contributed by atoms with Crippen molar-refractivity contribution in [3.8, 4) is 0 Å². The predicted molar refractivity (Wildman–Crippen MR) is 75.0 cm³/mol. The molecule has 114 valence electrons. The Labute approximate surface area is 120 Å². The van der Waals surface area contributed by atoms with E-state index in [1.165, 1.54) is 5.01 Å². The van der Waals surface area contributed by atoms with E-state index in [2.05, 4.69) is 0 Å². The third kappa shape index (κ3) is 3.00. The first-order valence-corrected chi connectivity index (χ1v) is 7.01. The van der Waals surface area contributed by atoms with Crippen LogP contribution >= 0.6 is 0 Å². The van der Waals surface area contributed by atoms with Crippen LogP contribution in [0.5, 0.6) is 0 Å². The van der Waals surface area contributed by atoms with Crippen LogP contribution in [-0.2, 0) is 9.31 Å². The highest BCUT2D eigenvalue weighted by Gasteiger charge is 2.53. The normalized spacial score (nSPS) is 27.4. The molecule has 0 bridgehead atoms. The highest BCUT2D eigenvalue weighted by Crippen LogP contribution is 2.39. The Morgan fingerprint density at radius 3 is 2.20 bits per heavy atom. The van der Waals surface area contributed by atoms with Crippen LogP contribution in [0.15, 0.2) is 11.9 Å². The fourth-order valence-electron chi connectivity index (χ4n) is 2.30. The third-order valence-electron chi connectivity index (χ3n) is 4.53. The van der Waals surface area contributed by atoms with Gasteiger partial charge in [0.25, 0.3) is 0 Å². The van der Waals surface area contributed by atoms with E-state index in [9.17, 15) is 9.50 Å². The number of rotatable bonds is 4. The summed E-state index contributed by atoms with van der Waals surface area (Å²) in [5, 5.41) is 11.2. The van der Waals surface area contributed by atoms with Crippen molar-refractivity contribution in [1.29, 1.82) is 0 Å². The van der Waals surface area contributed by atoms with Crippen molar-refractivity contribution in [2.45, 2.75) is 63.8 Å². The van der Waals surface area contributed by atoms with Crippen molar-refractivity contribution < 1.29 is 18.8 Å². The van der Waals surface area contributed by atoms with Gasteiger partial charge in [-0.3, -0.25) is 0 Å². The van der Waals surface area contributed by atoms with Gasteiger partial charge in [0.15, 0.2) is 0 Å². The van der Waals surface area contributed by atoms with Gasteiger partial charge in [0.1, 0.15) is 5.73 Å². The van der Waals surface area contributed by atoms with Gasteiger partial charge < -0.3 is 19.4 Å². The number of nitrogens with two attached hydrogens (primary N) is 1. The fourth-order valence-corrected chi connectivity index (χ4v) is 2.30. The quantitative estimate of drug-likeness (QED) is 0.466. The van der Waals surface area contributed by atoms with E-state index >= 15 is 0 Å². The lowest BCUT2D eigenvalue weighted by Gasteiger charge is -2.38. The zero-order chi connectivity index (χ0) is 15.2. The van der Waals surface area contributed by atoms with E-state index < -0.39 is 29.6 Å². The molecule has 1 aliphatic heterocycles. The number of nitrogens with zero attached hydrogens (tertiary/aromatic N) is 1. The van der Waals surface area contributed by atoms with Crippen molar-refractivity contribution >= 4 is 7.12 Å². The second kappa shape index (κ2) is 4.98. The molecule has 0 aromatic rings. The molecule has 0 aromatic carbocycles. The molecular weight excluding hydrogens is 262 g/mol. The maximum Gasteiger partial charge on any atom is 0.526 e. The van der Waals surface area contributed by atoms with Crippen LogP contribution in [0.3, 0.4) is 0 Å². The second-order valence-electron chi connectivity index (χ2n) is 6.85. The second-order valence-corrected chi connectivity index (χ2v) is 6.85. The zero-order valence-corrected chi connectivity index (χ0v) is 12.6. The highest BCUT2D eigenvalue weighted by molar-refractivity contribution is 6.53. The summed E-state index contributed by atoms with van der Waals surface area (Å²) in [5.41, 5.74) is -2.56. The van der Waals surface area contributed by atoms with E-state index in [4.69, 9.17) is 15.2 Å². The van der Waals surface area contributed by atoms with E-state index in [1.807, 2.05) is 27.7 Å². The van der Waals surface area contributed by atoms with Gasteiger partial charge in [-0.1, -0.05) is 0 Å². The Bertz CT molecular complexity index is 394. The van der Waals surface area contributed by atoms with E-state index in [1.54, 1.807) is 0 Å². The topological polar surface area (TPSA) is 68.0 Å². The molecule has 2 aliphatic rings. The third-order valence-corrected chi connectivity index (χ3v) is 4.53. The SMILES string of the molecule is CC1(C)OB(/C(F)=C/N(N)CC2(O)CCC2)OC1(C)C. The Hall–Kier alpha value is -0.625. The largest absolute Gasteiger partial charge is 0.526 e. The minimum Gasteiger partial charge on any atom is -0.398 e.